The van der Waals surface area contributed by atoms with Crippen LogP contribution in [0.3, 0.4) is 0 Å². The van der Waals surface area contributed by atoms with Gasteiger partial charge in [-0.3, -0.25) is 4.90 Å². The minimum Gasteiger partial charge on any atom is -0.423 e. The third-order valence-electron chi connectivity index (χ3n) is 6.38. The third kappa shape index (κ3) is 3.00. The highest BCUT2D eigenvalue weighted by Crippen LogP contribution is 2.38. The molecule has 5 heteroatoms. The van der Waals surface area contributed by atoms with Crippen LogP contribution in [0.15, 0.2) is 51.7 Å². The van der Waals surface area contributed by atoms with Gasteiger partial charge in [0, 0.05) is 18.0 Å². The van der Waals surface area contributed by atoms with Crippen molar-refractivity contribution in [1.29, 1.82) is 0 Å². The summed E-state index contributed by atoms with van der Waals surface area (Å²) in [5.41, 5.74) is 5.41. The van der Waals surface area contributed by atoms with E-state index in [2.05, 4.69) is 35.2 Å². The van der Waals surface area contributed by atoms with Crippen LogP contribution in [0.5, 0.6) is 0 Å². The first kappa shape index (κ1) is 17.4. The molecule has 4 aromatic rings. The number of para-hydroxylation sites is 1. The molecule has 29 heavy (non-hydrogen) atoms. The first-order valence-electron chi connectivity index (χ1n) is 10.4. The molecule has 0 spiro atoms. The Morgan fingerprint density at radius 3 is 2.86 bits per heavy atom. The number of hydrogen-bond donors (Lipinski definition) is 0. The van der Waals surface area contributed by atoms with E-state index >= 15 is 0 Å². The van der Waals surface area contributed by atoms with E-state index in [1.807, 2.05) is 6.07 Å². The maximum absolute atomic E-state index is 12.3. The van der Waals surface area contributed by atoms with Gasteiger partial charge < -0.3 is 4.42 Å². The summed E-state index contributed by atoms with van der Waals surface area (Å²) in [5, 5.41) is 2.29. The van der Waals surface area contributed by atoms with Crippen molar-refractivity contribution in [2.24, 2.45) is 0 Å². The predicted molar refractivity (Wildman–Crippen MR) is 117 cm³/mol. The molecular weight excluding hydrogens is 380 g/mol. The van der Waals surface area contributed by atoms with Crippen LogP contribution in [0.1, 0.15) is 47.0 Å². The van der Waals surface area contributed by atoms with E-state index in [0.717, 1.165) is 60.8 Å². The van der Waals surface area contributed by atoms with E-state index in [9.17, 15) is 4.79 Å². The maximum atomic E-state index is 12.3. The summed E-state index contributed by atoms with van der Waals surface area (Å²) in [6, 6.07) is 14.7. The summed E-state index contributed by atoms with van der Waals surface area (Å²) in [5.74, 6) is 0. The summed E-state index contributed by atoms with van der Waals surface area (Å²) in [4.78, 5) is 19.6. The molecule has 3 heterocycles. The van der Waals surface area contributed by atoms with E-state index in [1.54, 1.807) is 17.4 Å². The molecular formula is C24H22N2O2S. The molecule has 1 saturated heterocycles. The number of rotatable bonds is 3. The van der Waals surface area contributed by atoms with E-state index in [-0.39, 0.29) is 5.63 Å². The highest BCUT2D eigenvalue weighted by atomic mass is 32.1. The van der Waals surface area contributed by atoms with E-state index < -0.39 is 0 Å². The molecule has 1 aliphatic heterocycles. The van der Waals surface area contributed by atoms with Crippen LogP contribution in [0.4, 0.5) is 0 Å². The predicted octanol–water partition coefficient (Wildman–Crippen LogP) is 5.23. The van der Waals surface area contributed by atoms with Crippen LogP contribution in [0, 0.1) is 0 Å². The summed E-state index contributed by atoms with van der Waals surface area (Å²) in [6.45, 7) is 1.80. The molecule has 0 bridgehead atoms. The Bertz CT molecular complexity index is 1260. The van der Waals surface area contributed by atoms with E-state index in [1.165, 1.54) is 27.3 Å². The van der Waals surface area contributed by atoms with Gasteiger partial charge in [-0.25, -0.2) is 9.78 Å². The SMILES string of the molecule is O=c1cc(CN2CCCC2c2nc3ccccc3s2)c2cc3c(cc2o1)CCC3. The minimum atomic E-state index is -0.249. The van der Waals surface area contributed by atoms with E-state index in [4.69, 9.17) is 9.40 Å². The highest BCUT2D eigenvalue weighted by molar-refractivity contribution is 7.18. The van der Waals surface area contributed by atoms with Gasteiger partial charge in [0.2, 0.25) is 0 Å². The lowest BCUT2D eigenvalue weighted by molar-refractivity contribution is 0.248. The van der Waals surface area contributed by atoms with Crippen molar-refractivity contribution in [1.82, 2.24) is 9.88 Å². The van der Waals surface area contributed by atoms with Gasteiger partial charge in [0.1, 0.15) is 10.6 Å². The Morgan fingerprint density at radius 1 is 1.10 bits per heavy atom. The zero-order valence-corrected chi connectivity index (χ0v) is 17.0. The van der Waals surface area contributed by atoms with Crippen molar-refractivity contribution in [2.75, 3.05) is 6.54 Å². The Labute approximate surface area is 172 Å². The van der Waals surface area contributed by atoms with Crippen LogP contribution < -0.4 is 5.63 Å². The fourth-order valence-corrected chi connectivity index (χ4v) is 6.11. The quantitative estimate of drug-likeness (QED) is 0.440. The second-order valence-electron chi connectivity index (χ2n) is 8.21. The number of fused-ring (bicyclic) bond motifs is 3. The topological polar surface area (TPSA) is 46.3 Å². The maximum Gasteiger partial charge on any atom is 0.336 e. The number of nitrogens with zero attached hydrogens (tertiary/aromatic N) is 2. The molecule has 1 fully saturated rings. The van der Waals surface area contributed by atoms with Gasteiger partial charge in [-0.1, -0.05) is 12.1 Å². The largest absolute Gasteiger partial charge is 0.423 e. The standard InChI is InChI=1S/C24H22N2O2S/c27-23-13-17(18-11-15-5-3-6-16(15)12-21(18)28-23)14-26-10-4-8-20(26)24-25-19-7-1-2-9-22(19)29-24/h1-2,7,9,11-13,20H,3-6,8,10,14H2. The monoisotopic (exact) mass is 402 g/mol. The molecule has 0 saturated carbocycles. The lowest BCUT2D eigenvalue weighted by Gasteiger charge is -2.23. The van der Waals surface area contributed by atoms with Crippen LogP contribution in [-0.4, -0.2) is 16.4 Å². The zero-order chi connectivity index (χ0) is 19.4. The van der Waals surface area contributed by atoms with Crippen molar-refractivity contribution < 1.29 is 4.42 Å². The molecule has 0 N–H and O–H groups in total. The van der Waals surface area contributed by atoms with Crippen LogP contribution >= 0.6 is 11.3 Å². The number of benzene rings is 2. The Hall–Kier alpha value is -2.50. The van der Waals surface area contributed by atoms with Gasteiger partial charge in [0.25, 0.3) is 0 Å². The second-order valence-corrected chi connectivity index (χ2v) is 9.27. The molecule has 1 unspecified atom stereocenters. The van der Waals surface area contributed by atoms with Gasteiger partial charge in [-0.2, -0.15) is 0 Å². The van der Waals surface area contributed by atoms with Gasteiger partial charge in [-0.05, 0) is 79.6 Å². The fraction of sp³-hybridized carbons (Fsp3) is 0.333. The third-order valence-corrected chi connectivity index (χ3v) is 7.51. The Morgan fingerprint density at radius 2 is 1.97 bits per heavy atom. The number of likely N-dealkylation sites (tertiary alicyclic amines) is 1. The van der Waals surface area contributed by atoms with Gasteiger partial charge in [0.15, 0.2) is 0 Å². The van der Waals surface area contributed by atoms with Crippen molar-refractivity contribution in [3.63, 3.8) is 0 Å². The lowest BCUT2D eigenvalue weighted by atomic mass is 10.0. The fourth-order valence-electron chi connectivity index (χ4n) is 4.97. The second kappa shape index (κ2) is 6.78. The highest BCUT2D eigenvalue weighted by Gasteiger charge is 2.29. The molecule has 6 rings (SSSR count). The van der Waals surface area contributed by atoms with Gasteiger partial charge in [0.05, 0.1) is 16.3 Å². The van der Waals surface area contributed by atoms with Crippen LogP contribution in [0.2, 0.25) is 0 Å². The van der Waals surface area contributed by atoms with Crippen LogP contribution in [0.25, 0.3) is 21.2 Å². The zero-order valence-electron chi connectivity index (χ0n) is 16.2. The average Bonchev–Trinajstić information content (AvgIpc) is 3.44. The number of aromatic nitrogens is 1. The van der Waals surface area contributed by atoms with Crippen molar-refractivity contribution >= 4 is 32.5 Å². The normalized spacial score (nSPS) is 19.4. The smallest absolute Gasteiger partial charge is 0.336 e. The lowest BCUT2D eigenvalue weighted by Crippen LogP contribution is -2.23. The summed E-state index contributed by atoms with van der Waals surface area (Å²) >= 11 is 1.80. The summed E-state index contributed by atoms with van der Waals surface area (Å²) in [7, 11) is 0. The molecule has 146 valence electrons. The molecule has 2 aliphatic rings. The first-order chi connectivity index (χ1) is 14.2. The summed E-state index contributed by atoms with van der Waals surface area (Å²) < 4.78 is 6.81. The molecule has 1 aliphatic carbocycles. The van der Waals surface area contributed by atoms with Crippen LogP contribution in [-0.2, 0) is 19.4 Å². The van der Waals surface area contributed by atoms with Crippen molar-refractivity contribution in [3.8, 4) is 0 Å². The van der Waals surface area contributed by atoms with Crippen molar-refractivity contribution in [3.05, 3.63) is 74.6 Å². The first-order valence-corrected chi connectivity index (χ1v) is 11.2. The average molecular weight is 403 g/mol. The Balaban J connectivity index is 1.38. The minimum absolute atomic E-state index is 0.249. The summed E-state index contributed by atoms with van der Waals surface area (Å²) in [6.07, 6.45) is 5.69. The Kier molecular flexibility index (Phi) is 4.06. The molecule has 4 nitrogen and oxygen atoms in total. The molecule has 1 atom stereocenters. The number of aryl methyl sites for hydroxylation is 2. The molecule has 0 radical (unpaired) electrons. The molecule has 2 aromatic carbocycles. The van der Waals surface area contributed by atoms with Gasteiger partial charge >= 0.3 is 5.63 Å². The number of thiazole rings is 1. The van der Waals surface area contributed by atoms with Gasteiger partial charge in [-0.15, -0.1) is 11.3 Å². The molecule has 2 aromatic heterocycles. The van der Waals surface area contributed by atoms with Crippen molar-refractivity contribution in [2.45, 2.75) is 44.7 Å². The number of hydrogen-bond acceptors (Lipinski definition) is 5. The van der Waals surface area contributed by atoms with E-state index in [0.29, 0.717) is 6.04 Å². The molecule has 0 amide bonds.